The van der Waals surface area contributed by atoms with E-state index in [4.69, 9.17) is 9.84 Å². The van der Waals surface area contributed by atoms with Crippen LogP contribution in [0.1, 0.15) is 27.7 Å². The third-order valence-electron chi connectivity index (χ3n) is 3.51. The highest BCUT2D eigenvalue weighted by Gasteiger charge is 2.26. The van der Waals surface area contributed by atoms with Crippen molar-refractivity contribution in [3.05, 3.63) is 41.2 Å². The normalized spacial score (nSPS) is 16.9. The molecular weight excluding hydrogens is 290 g/mol. The predicted molar refractivity (Wildman–Crippen MR) is 77.6 cm³/mol. The van der Waals surface area contributed by atoms with Crippen LogP contribution in [0.25, 0.3) is 0 Å². The maximum absolute atomic E-state index is 11.2. The number of fused-ring (bicyclic) bond motifs is 1. The third kappa shape index (κ3) is 2.66. The molecule has 1 atom stereocenters. The second-order valence-electron chi connectivity index (χ2n) is 4.85. The van der Waals surface area contributed by atoms with E-state index in [9.17, 15) is 4.79 Å². The van der Waals surface area contributed by atoms with E-state index in [0.717, 1.165) is 5.75 Å². The van der Waals surface area contributed by atoms with Crippen LogP contribution >= 0.6 is 11.8 Å². The van der Waals surface area contributed by atoms with Crippen molar-refractivity contribution in [1.82, 2.24) is 15.0 Å². The van der Waals surface area contributed by atoms with Crippen LogP contribution in [0.4, 0.5) is 0 Å². The number of benzene rings is 1. The molecule has 0 saturated heterocycles. The molecule has 0 fully saturated rings. The van der Waals surface area contributed by atoms with Crippen LogP contribution < -0.4 is 0 Å². The molecule has 1 N–H and O–H groups in total. The van der Waals surface area contributed by atoms with E-state index >= 15 is 0 Å². The number of carboxylic acid groups (broad SMARTS) is 1. The van der Waals surface area contributed by atoms with Gasteiger partial charge in [0, 0.05) is 23.7 Å². The molecule has 0 saturated carbocycles. The van der Waals surface area contributed by atoms with Gasteiger partial charge in [-0.1, -0.05) is 23.4 Å². The Kier molecular flexibility index (Phi) is 3.94. The average Bonchev–Trinajstić information content (AvgIpc) is 3.06. The summed E-state index contributed by atoms with van der Waals surface area (Å²) in [6.07, 6.45) is 0. The molecule has 2 aromatic rings. The first-order chi connectivity index (χ1) is 10.2. The van der Waals surface area contributed by atoms with Crippen molar-refractivity contribution in [3.8, 4) is 0 Å². The van der Waals surface area contributed by atoms with E-state index in [2.05, 4.69) is 22.4 Å². The second kappa shape index (κ2) is 5.87. The van der Waals surface area contributed by atoms with Gasteiger partial charge in [-0.15, -0.1) is 16.9 Å². The maximum atomic E-state index is 11.2. The number of thioether (sulfide) groups is 1. The molecule has 1 aliphatic rings. The third-order valence-corrected chi connectivity index (χ3v) is 4.77. The Balaban J connectivity index is 1.87. The van der Waals surface area contributed by atoms with E-state index in [0.29, 0.717) is 18.2 Å². The van der Waals surface area contributed by atoms with E-state index in [1.807, 2.05) is 23.9 Å². The molecule has 110 valence electrons. The van der Waals surface area contributed by atoms with Gasteiger partial charge in [-0.2, -0.15) is 0 Å². The van der Waals surface area contributed by atoms with E-state index < -0.39 is 5.97 Å². The average molecular weight is 305 g/mol. The summed E-state index contributed by atoms with van der Waals surface area (Å²) in [6.45, 7) is 0.805. The zero-order valence-corrected chi connectivity index (χ0v) is 12.3. The van der Waals surface area contributed by atoms with E-state index in [1.54, 1.807) is 4.68 Å². The maximum Gasteiger partial charge on any atom is 0.358 e. The van der Waals surface area contributed by atoms with Crippen molar-refractivity contribution in [1.29, 1.82) is 0 Å². The fraction of sp³-hybridized carbons (Fsp3) is 0.357. The minimum atomic E-state index is -1.07. The molecule has 1 aromatic carbocycles. The van der Waals surface area contributed by atoms with Crippen molar-refractivity contribution in [2.45, 2.75) is 24.0 Å². The molecule has 0 radical (unpaired) electrons. The van der Waals surface area contributed by atoms with Crippen molar-refractivity contribution in [2.24, 2.45) is 0 Å². The number of nitrogens with zero attached hydrogens (tertiary/aromatic N) is 3. The second-order valence-corrected chi connectivity index (χ2v) is 5.91. The van der Waals surface area contributed by atoms with E-state index in [1.165, 1.54) is 17.6 Å². The molecule has 1 aromatic heterocycles. The zero-order valence-electron chi connectivity index (χ0n) is 11.5. The fourth-order valence-electron chi connectivity index (χ4n) is 2.51. The lowest BCUT2D eigenvalue weighted by molar-refractivity contribution is 0.0684. The molecule has 0 aliphatic carbocycles. The lowest BCUT2D eigenvalue weighted by Crippen LogP contribution is -2.14. The Morgan fingerprint density at radius 2 is 2.33 bits per heavy atom. The first-order valence-corrected chi connectivity index (χ1v) is 7.55. The summed E-state index contributed by atoms with van der Waals surface area (Å²) in [4.78, 5) is 12.5. The lowest BCUT2D eigenvalue weighted by atomic mass is 10.0. The highest BCUT2D eigenvalue weighted by Crippen LogP contribution is 2.40. The molecule has 0 amide bonds. The number of hydrogen-bond acceptors (Lipinski definition) is 5. The van der Waals surface area contributed by atoms with E-state index in [-0.39, 0.29) is 12.3 Å². The monoisotopic (exact) mass is 305 g/mol. The molecule has 3 rings (SSSR count). The SMILES string of the molecule is COCc1c(C(=O)O)nnn1CC1CSc2ccccc21. The number of methoxy groups -OCH3 is 1. The number of carboxylic acids is 1. The number of carbonyl (C=O) groups is 1. The molecule has 21 heavy (non-hydrogen) atoms. The summed E-state index contributed by atoms with van der Waals surface area (Å²) >= 11 is 1.82. The van der Waals surface area contributed by atoms with Crippen LogP contribution in [0.5, 0.6) is 0 Å². The topological polar surface area (TPSA) is 77.2 Å². The molecular formula is C14H15N3O3S. The predicted octanol–water partition coefficient (Wildman–Crippen LogP) is 2.01. The Bertz CT molecular complexity index is 671. The van der Waals surface area contributed by atoms with Gasteiger partial charge < -0.3 is 9.84 Å². The number of rotatable bonds is 5. The van der Waals surface area contributed by atoms with Crippen molar-refractivity contribution < 1.29 is 14.6 Å². The lowest BCUT2D eigenvalue weighted by Gasteiger charge is -2.12. The number of hydrogen-bond donors (Lipinski definition) is 1. The first kappa shape index (κ1) is 14.1. The molecule has 6 nitrogen and oxygen atoms in total. The summed E-state index contributed by atoms with van der Waals surface area (Å²) in [5.41, 5.74) is 1.77. The number of ether oxygens (including phenoxy) is 1. The first-order valence-electron chi connectivity index (χ1n) is 6.57. The van der Waals surface area contributed by atoms with Gasteiger partial charge in [0.1, 0.15) is 0 Å². The summed E-state index contributed by atoms with van der Waals surface area (Å²) in [7, 11) is 1.53. The quantitative estimate of drug-likeness (QED) is 0.910. The minimum Gasteiger partial charge on any atom is -0.476 e. The van der Waals surface area contributed by atoms with Gasteiger partial charge in [0.25, 0.3) is 0 Å². The molecule has 7 heteroatoms. The summed E-state index contributed by atoms with van der Waals surface area (Å²) in [5, 5.41) is 16.9. The highest BCUT2D eigenvalue weighted by molar-refractivity contribution is 7.99. The van der Waals surface area contributed by atoms with Crippen LogP contribution in [0.15, 0.2) is 29.2 Å². The zero-order chi connectivity index (χ0) is 14.8. The van der Waals surface area contributed by atoms with Crippen LogP contribution in [0.2, 0.25) is 0 Å². The van der Waals surface area contributed by atoms with Crippen molar-refractivity contribution in [3.63, 3.8) is 0 Å². The largest absolute Gasteiger partial charge is 0.476 e. The Morgan fingerprint density at radius 3 is 3.10 bits per heavy atom. The van der Waals surface area contributed by atoms with Crippen molar-refractivity contribution >= 4 is 17.7 Å². The fourth-order valence-corrected chi connectivity index (χ4v) is 3.76. The standard InChI is InChI=1S/C14H15N3O3S/c1-20-7-11-13(14(18)19)15-16-17(11)6-9-8-21-12-5-3-2-4-10(9)12/h2-5,9H,6-8H2,1H3,(H,18,19). The smallest absolute Gasteiger partial charge is 0.358 e. The minimum absolute atomic E-state index is 0.0317. The van der Waals surface area contributed by atoms with Gasteiger partial charge in [-0.3, -0.25) is 0 Å². The van der Waals surface area contributed by atoms with Gasteiger partial charge in [-0.05, 0) is 11.6 Å². The van der Waals surface area contributed by atoms with Crippen LogP contribution in [-0.2, 0) is 17.9 Å². The highest BCUT2D eigenvalue weighted by atomic mass is 32.2. The molecule has 0 spiro atoms. The summed E-state index contributed by atoms with van der Waals surface area (Å²) in [5.74, 6) is 0.202. The Labute approximate surface area is 126 Å². The van der Waals surface area contributed by atoms with Crippen molar-refractivity contribution in [2.75, 3.05) is 12.9 Å². The summed E-state index contributed by atoms with van der Waals surface area (Å²) < 4.78 is 6.74. The van der Waals surface area contributed by atoms with Crippen LogP contribution in [0.3, 0.4) is 0 Å². The molecule has 2 heterocycles. The number of aromatic carboxylic acids is 1. The van der Waals surface area contributed by atoms with Gasteiger partial charge in [0.05, 0.1) is 18.8 Å². The van der Waals surface area contributed by atoms with Crippen LogP contribution in [-0.4, -0.2) is 38.9 Å². The molecule has 1 unspecified atom stereocenters. The van der Waals surface area contributed by atoms with Gasteiger partial charge >= 0.3 is 5.97 Å². The summed E-state index contributed by atoms with van der Waals surface area (Å²) in [6, 6.07) is 8.28. The molecule has 0 bridgehead atoms. The van der Waals surface area contributed by atoms with Gasteiger partial charge in [-0.25, -0.2) is 9.48 Å². The number of aromatic nitrogens is 3. The van der Waals surface area contributed by atoms with Crippen LogP contribution in [0, 0.1) is 0 Å². The van der Waals surface area contributed by atoms with Gasteiger partial charge in [0.2, 0.25) is 0 Å². The molecule has 1 aliphatic heterocycles. The Morgan fingerprint density at radius 1 is 1.52 bits per heavy atom. The van der Waals surface area contributed by atoms with Gasteiger partial charge in [0.15, 0.2) is 5.69 Å². The Hall–Kier alpha value is -1.86.